The molecule has 1 rings (SSSR count). The zero-order valence-electron chi connectivity index (χ0n) is 4.96. The van der Waals surface area contributed by atoms with E-state index in [1.165, 1.54) is 4.90 Å². The van der Waals surface area contributed by atoms with Crippen LogP contribution >= 0.6 is 0 Å². The van der Waals surface area contributed by atoms with Gasteiger partial charge in [0.25, 0.3) is 0 Å². The maximum atomic E-state index is 5.60. The maximum absolute atomic E-state index is 5.60. The molecule has 8 heavy (non-hydrogen) atoms. The Labute approximate surface area is 51.1 Å². The van der Waals surface area contributed by atoms with Crippen LogP contribution in [0.15, 0.2) is 24.4 Å². The normalized spacial score (nSPS) is 35.6. The van der Waals surface area contributed by atoms with E-state index in [1.807, 2.05) is 31.5 Å². The van der Waals surface area contributed by atoms with Gasteiger partial charge in [-0.15, -0.1) is 0 Å². The molecule has 2 atom stereocenters. The summed E-state index contributed by atoms with van der Waals surface area (Å²) >= 11 is 0. The predicted octanol–water partition coefficient (Wildman–Crippen LogP) is -0.921. The Morgan fingerprint density at radius 3 is 2.62 bits per heavy atom. The van der Waals surface area contributed by atoms with Gasteiger partial charge in [-0.05, 0) is 12.2 Å². The molecule has 2 radical (unpaired) electrons. The highest BCUT2D eigenvalue weighted by Gasteiger charge is 2.05. The Morgan fingerprint density at radius 2 is 2.25 bits per heavy atom. The molecule has 1 nitrogen and oxygen atoms in total. The molecule has 0 aromatic heterocycles. The molecule has 0 amide bonds. The number of rotatable bonds is 0. The first kappa shape index (κ1) is 5.64. The molecule has 0 aromatic rings. The summed E-state index contributed by atoms with van der Waals surface area (Å²) in [5, 5.41) is 0. The van der Waals surface area contributed by atoms with Crippen molar-refractivity contribution in [2.24, 2.45) is 0 Å². The van der Waals surface area contributed by atoms with E-state index in [9.17, 15) is 0 Å². The van der Waals surface area contributed by atoms with E-state index < -0.39 is 0 Å². The van der Waals surface area contributed by atoms with Gasteiger partial charge in [-0.1, -0.05) is 6.08 Å². The van der Waals surface area contributed by atoms with Crippen molar-refractivity contribution >= 4 is 7.85 Å². The van der Waals surface area contributed by atoms with Gasteiger partial charge in [0.2, 0.25) is 0 Å². The average Bonchev–Trinajstić information content (AvgIpc) is 1.77. The summed E-state index contributed by atoms with van der Waals surface area (Å²) < 4.78 is 0. The maximum Gasteiger partial charge on any atom is 0.160 e. The lowest BCUT2D eigenvalue weighted by molar-refractivity contribution is -0.831. The molecule has 1 aliphatic heterocycles. The number of likely N-dealkylation sites (N-methyl/N-ethyl adjacent to an activating group) is 1. The monoisotopic (exact) mass is 106 g/mol. The summed E-state index contributed by atoms with van der Waals surface area (Å²) in [5.74, 6) is 0.153. The van der Waals surface area contributed by atoms with Crippen LogP contribution in [0.4, 0.5) is 0 Å². The van der Waals surface area contributed by atoms with Crippen LogP contribution in [0.2, 0.25) is 0 Å². The fraction of sp³-hybridized carbons (Fsp3) is 0.333. The van der Waals surface area contributed by atoms with E-state index in [1.54, 1.807) is 0 Å². The van der Waals surface area contributed by atoms with Crippen LogP contribution in [-0.4, -0.2) is 20.8 Å². The number of quaternary nitrogens is 1. The van der Waals surface area contributed by atoms with Crippen LogP contribution in [0.1, 0.15) is 0 Å². The second-order valence-corrected chi connectivity index (χ2v) is 2.01. The van der Waals surface area contributed by atoms with Crippen molar-refractivity contribution in [3.05, 3.63) is 24.4 Å². The second kappa shape index (κ2) is 2.18. The summed E-state index contributed by atoms with van der Waals surface area (Å²) in [7, 11) is 7.64. The van der Waals surface area contributed by atoms with Gasteiger partial charge in [0.15, 0.2) is 7.85 Å². The predicted molar refractivity (Wildman–Crippen MR) is 34.7 cm³/mol. The van der Waals surface area contributed by atoms with Crippen LogP contribution < -0.4 is 4.90 Å². The molecule has 0 fully saturated rings. The van der Waals surface area contributed by atoms with Gasteiger partial charge in [0, 0.05) is 0 Å². The van der Waals surface area contributed by atoms with E-state index in [4.69, 9.17) is 7.85 Å². The third kappa shape index (κ3) is 1.01. The molecular formula is C6H9BN+. The molecule has 1 N–H and O–H groups in total. The number of allylic oxidation sites excluding steroid dienone is 2. The van der Waals surface area contributed by atoms with Crippen LogP contribution in [0.3, 0.4) is 0 Å². The summed E-state index contributed by atoms with van der Waals surface area (Å²) in [6, 6.07) is 0. The first-order chi connectivity index (χ1) is 3.80. The van der Waals surface area contributed by atoms with Crippen LogP contribution in [0.25, 0.3) is 0 Å². The smallest absolute Gasteiger partial charge is 0.160 e. The van der Waals surface area contributed by atoms with E-state index >= 15 is 0 Å². The summed E-state index contributed by atoms with van der Waals surface area (Å²) in [5.41, 5.74) is 0. The van der Waals surface area contributed by atoms with Crippen LogP contribution in [0.5, 0.6) is 0 Å². The van der Waals surface area contributed by atoms with E-state index in [-0.39, 0.29) is 5.94 Å². The molecule has 1 heterocycles. The van der Waals surface area contributed by atoms with Gasteiger partial charge in [-0.25, -0.2) is 0 Å². The topological polar surface area (TPSA) is 4.44 Å². The molecule has 0 aliphatic carbocycles. The first-order valence-corrected chi connectivity index (χ1v) is 2.74. The molecule has 0 bridgehead atoms. The molecule has 0 saturated heterocycles. The third-order valence-electron chi connectivity index (χ3n) is 1.31. The highest BCUT2D eigenvalue weighted by Crippen LogP contribution is 1.81. The van der Waals surface area contributed by atoms with E-state index in [0.29, 0.717) is 0 Å². The Kier molecular flexibility index (Phi) is 1.54. The van der Waals surface area contributed by atoms with E-state index in [0.717, 1.165) is 0 Å². The Balaban J connectivity index is 2.59. The molecule has 2 unspecified atom stereocenters. The summed E-state index contributed by atoms with van der Waals surface area (Å²) in [6.07, 6.45) is 7.98. The standard InChI is InChI=1S/C6H8BN/c1-8-5-3-2-4-6(8)7/h2-6H,1H3/p+1. The van der Waals surface area contributed by atoms with Crippen molar-refractivity contribution in [2.75, 3.05) is 7.05 Å². The highest BCUT2D eigenvalue weighted by molar-refractivity contribution is 6.12. The summed E-state index contributed by atoms with van der Waals surface area (Å²) in [4.78, 5) is 1.23. The fourth-order valence-corrected chi connectivity index (χ4v) is 0.654. The minimum Gasteiger partial charge on any atom is -0.314 e. The molecule has 40 valence electrons. The zero-order chi connectivity index (χ0) is 5.98. The van der Waals surface area contributed by atoms with Crippen LogP contribution in [0, 0.1) is 0 Å². The van der Waals surface area contributed by atoms with Crippen molar-refractivity contribution < 1.29 is 4.90 Å². The zero-order valence-corrected chi connectivity index (χ0v) is 4.96. The second-order valence-electron chi connectivity index (χ2n) is 2.01. The molecule has 2 heteroatoms. The number of nitrogens with one attached hydrogen (secondary N) is 1. The van der Waals surface area contributed by atoms with Gasteiger partial charge in [0.1, 0.15) is 0 Å². The molecule has 0 spiro atoms. The quantitative estimate of drug-likeness (QED) is 0.381. The summed E-state index contributed by atoms with van der Waals surface area (Å²) in [6.45, 7) is 0. The SMILES string of the molecule is [B]C1C=CC=C[NH+]1C. The number of hydrogen-bond donors (Lipinski definition) is 1. The number of hydrogen-bond acceptors (Lipinski definition) is 0. The highest BCUT2D eigenvalue weighted by atomic mass is 15.1. The Hall–Kier alpha value is -0.495. The van der Waals surface area contributed by atoms with Gasteiger partial charge < -0.3 is 4.90 Å². The van der Waals surface area contributed by atoms with Gasteiger partial charge in [0.05, 0.1) is 19.2 Å². The van der Waals surface area contributed by atoms with Crippen molar-refractivity contribution in [2.45, 2.75) is 5.94 Å². The van der Waals surface area contributed by atoms with Crippen molar-refractivity contribution in [3.63, 3.8) is 0 Å². The van der Waals surface area contributed by atoms with E-state index in [2.05, 4.69) is 0 Å². The third-order valence-corrected chi connectivity index (χ3v) is 1.31. The lowest BCUT2D eigenvalue weighted by atomic mass is 9.94. The molecule has 0 aromatic carbocycles. The minimum atomic E-state index is 0.153. The lowest BCUT2D eigenvalue weighted by Crippen LogP contribution is -3.08. The minimum absolute atomic E-state index is 0.153. The van der Waals surface area contributed by atoms with Gasteiger partial charge in [-0.2, -0.15) is 0 Å². The van der Waals surface area contributed by atoms with Crippen molar-refractivity contribution in [1.82, 2.24) is 0 Å². The largest absolute Gasteiger partial charge is 0.314 e. The van der Waals surface area contributed by atoms with Gasteiger partial charge in [-0.3, -0.25) is 0 Å². The van der Waals surface area contributed by atoms with Gasteiger partial charge >= 0.3 is 0 Å². The fourth-order valence-electron chi connectivity index (χ4n) is 0.654. The van der Waals surface area contributed by atoms with Crippen LogP contribution in [-0.2, 0) is 0 Å². The Bertz CT molecular complexity index is 112. The van der Waals surface area contributed by atoms with Crippen molar-refractivity contribution in [1.29, 1.82) is 0 Å². The van der Waals surface area contributed by atoms with Crippen molar-refractivity contribution in [3.8, 4) is 0 Å². The average molecular weight is 106 g/mol. The first-order valence-electron chi connectivity index (χ1n) is 2.74. The Morgan fingerprint density at radius 1 is 1.50 bits per heavy atom. The molecular weight excluding hydrogens is 96.9 g/mol. The lowest BCUT2D eigenvalue weighted by Gasteiger charge is -2.16. The molecule has 1 aliphatic rings. The molecule has 0 saturated carbocycles.